The first-order valence-electron chi connectivity index (χ1n) is 8.72. The minimum absolute atomic E-state index is 0.738. The fourth-order valence-corrected chi connectivity index (χ4v) is 2.98. The zero-order chi connectivity index (χ0) is 17.6. The zero-order valence-corrected chi connectivity index (χ0v) is 14.4. The molecule has 0 spiro atoms. The third-order valence-electron chi connectivity index (χ3n) is 4.23. The first kappa shape index (κ1) is 16.2. The van der Waals surface area contributed by atoms with Crippen LogP contribution >= 0.6 is 0 Å². The quantitative estimate of drug-likeness (QED) is 0.529. The maximum absolute atomic E-state index is 4.83. The summed E-state index contributed by atoms with van der Waals surface area (Å²) in [5, 5.41) is 0. The van der Waals surface area contributed by atoms with Gasteiger partial charge in [0.25, 0.3) is 0 Å². The third-order valence-corrected chi connectivity index (χ3v) is 4.23. The number of hydrogen-bond donors (Lipinski definition) is 0. The molecule has 3 aromatic heterocycles. The molecule has 0 aliphatic heterocycles. The van der Waals surface area contributed by atoms with Gasteiger partial charge in [-0.15, -0.1) is 0 Å². The lowest BCUT2D eigenvalue weighted by Gasteiger charge is -2.07. The van der Waals surface area contributed by atoms with Crippen molar-refractivity contribution in [2.45, 2.75) is 12.8 Å². The number of pyridine rings is 3. The molecule has 0 bridgehead atoms. The van der Waals surface area contributed by atoms with Gasteiger partial charge >= 0.3 is 0 Å². The molecule has 0 amide bonds. The Hall–Kier alpha value is -3.33. The van der Waals surface area contributed by atoms with Crippen molar-refractivity contribution < 1.29 is 0 Å². The van der Waals surface area contributed by atoms with Crippen LogP contribution in [-0.2, 0) is 12.8 Å². The van der Waals surface area contributed by atoms with Crippen molar-refractivity contribution in [1.82, 2.24) is 15.0 Å². The molecule has 4 aromatic rings. The summed E-state index contributed by atoms with van der Waals surface area (Å²) < 4.78 is 0. The predicted octanol–water partition coefficient (Wildman–Crippen LogP) is 4.72. The molecule has 0 radical (unpaired) electrons. The number of rotatable bonds is 5. The zero-order valence-electron chi connectivity index (χ0n) is 14.4. The van der Waals surface area contributed by atoms with Crippen LogP contribution in [-0.4, -0.2) is 15.0 Å². The highest BCUT2D eigenvalue weighted by atomic mass is 14.7. The van der Waals surface area contributed by atoms with E-state index in [1.807, 2.05) is 42.7 Å². The maximum atomic E-state index is 4.83. The van der Waals surface area contributed by atoms with Crippen LogP contribution in [0, 0.1) is 0 Å². The van der Waals surface area contributed by atoms with Gasteiger partial charge in [-0.1, -0.05) is 36.4 Å². The third kappa shape index (κ3) is 4.01. The maximum Gasteiger partial charge on any atom is 0.0705 e. The summed E-state index contributed by atoms with van der Waals surface area (Å²) >= 11 is 0. The Kier molecular flexibility index (Phi) is 4.79. The average molecular weight is 337 g/mol. The van der Waals surface area contributed by atoms with E-state index in [4.69, 9.17) is 4.98 Å². The van der Waals surface area contributed by atoms with Gasteiger partial charge in [0.05, 0.1) is 5.69 Å². The van der Waals surface area contributed by atoms with Crippen LogP contribution in [0.1, 0.15) is 22.6 Å². The smallest absolute Gasteiger partial charge is 0.0705 e. The Morgan fingerprint density at radius 3 is 2.00 bits per heavy atom. The van der Waals surface area contributed by atoms with Crippen molar-refractivity contribution in [3.05, 3.63) is 114 Å². The topological polar surface area (TPSA) is 38.7 Å². The van der Waals surface area contributed by atoms with Gasteiger partial charge in [-0.2, -0.15) is 0 Å². The molecule has 0 N–H and O–H groups in total. The van der Waals surface area contributed by atoms with Gasteiger partial charge in [0.1, 0.15) is 0 Å². The fraction of sp³-hybridized carbons (Fsp3) is 0.0870. The normalized spacial score (nSPS) is 10.6. The predicted molar refractivity (Wildman–Crippen MR) is 104 cm³/mol. The summed E-state index contributed by atoms with van der Waals surface area (Å²) in [4.78, 5) is 13.6. The Morgan fingerprint density at radius 2 is 1.27 bits per heavy atom. The monoisotopic (exact) mass is 337 g/mol. The molecule has 3 heteroatoms. The van der Waals surface area contributed by atoms with Gasteiger partial charge in [-0.05, 0) is 48.0 Å². The molecule has 1 aromatic carbocycles. The molecule has 0 saturated heterocycles. The molecule has 3 heterocycles. The second kappa shape index (κ2) is 7.70. The highest BCUT2D eigenvalue weighted by Crippen LogP contribution is 2.20. The van der Waals surface area contributed by atoms with E-state index in [1.165, 1.54) is 5.56 Å². The molecule has 3 nitrogen and oxygen atoms in total. The van der Waals surface area contributed by atoms with Crippen molar-refractivity contribution in [2.24, 2.45) is 0 Å². The van der Waals surface area contributed by atoms with Crippen LogP contribution in [0.25, 0.3) is 11.3 Å². The standard InChI is InChI=1S/C23H19N3/c1-3-13-24-20(9-1)16-18-7-5-8-19(15-18)23-12-6-11-22(26-23)17-21-10-2-4-14-25-21/h1-15H,16-17H2. The van der Waals surface area contributed by atoms with Crippen LogP contribution < -0.4 is 0 Å². The van der Waals surface area contributed by atoms with Gasteiger partial charge in [-0.3, -0.25) is 15.0 Å². The molecule has 0 aliphatic carbocycles. The van der Waals surface area contributed by atoms with Crippen LogP contribution in [0.5, 0.6) is 0 Å². The summed E-state index contributed by atoms with van der Waals surface area (Å²) in [5.74, 6) is 0. The summed E-state index contributed by atoms with van der Waals surface area (Å²) in [6.45, 7) is 0. The molecular weight excluding hydrogens is 318 g/mol. The van der Waals surface area contributed by atoms with E-state index in [1.54, 1.807) is 0 Å². The summed E-state index contributed by atoms with van der Waals surface area (Å²) in [7, 11) is 0. The molecule has 0 unspecified atom stereocenters. The lowest BCUT2D eigenvalue weighted by Crippen LogP contribution is -1.96. The highest BCUT2D eigenvalue weighted by Gasteiger charge is 2.05. The first-order valence-corrected chi connectivity index (χ1v) is 8.72. The fourth-order valence-electron chi connectivity index (χ4n) is 2.98. The molecule has 0 aliphatic rings. The van der Waals surface area contributed by atoms with Crippen molar-refractivity contribution in [3.63, 3.8) is 0 Å². The SMILES string of the molecule is c1ccc(Cc2cccc(-c3cccc(Cc4ccccn4)n3)c2)nc1. The van der Waals surface area contributed by atoms with E-state index in [9.17, 15) is 0 Å². The van der Waals surface area contributed by atoms with Gasteiger partial charge in [0.2, 0.25) is 0 Å². The molecule has 126 valence electrons. The number of aromatic nitrogens is 3. The lowest BCUT2D eigenvalue weighted by atomic mass is 10.0. The van der Waals surface area contributed by atoms with Gasteiger partial charge in [0.15, 0.2) is 0 Å². The summed E-state index contributed by atoms with van der Waals surface area (Å²) in [5.41, 5.74) is 6.47. The van der Waals surface area contributed by atoms with Crippen molar-refractivity contribution >= 4 is 0 Å². The second-order valence-corrected chi connectivity index (χ2v) is 6.21. The Bertz CT molecular complexity index is 899. The lowest BCUT2D eigenvalue weighted by molar-refractivity contribution is 1.01. The second-order valence-electron chi connectivity index (χ2n) is 6.21. The van der Waals surface area contributed by atoms with Gasteiger partial charge < -0.3 is 0 Å². The molecule has 0 fully saturated rings. The van der Waals surface area contributed by atoms with Crippen molar-refractivity contribution in [2.75, 3.05) is 0 Å². The first-order chi connectivity index (χ1) is 12.9. The van der Waals surface area contributed by atoms with E-state index >= 15 is 0 Å². The minimum atomic E-state index is 0.738. The number of hydrogen-bond acceptors (Lipinski definition) is 3. The Balaban J connectivity index is 1.57. The number of benzene rings is 1. The largest absolute Gasteiger partial charge is 0.261 e. The molecule has 4 rings (SSSR count). The van der Waals surface area contributed by atoms with Crippen molar-refractivity contribution in [3.8, 4) is 11.3 Å². The van der Waals surface area contributed by atoms with Gasteiger partial charge in [-0.25, -0.2) is 0 Å². The Labute approximate surface area is 153 Å². The number of nitrogens with zero attached hydrogens (tertiary/aromatic N) is 3. The average Bonchev–Trinajstić information content (AvgIpc) is 2.70. The van der Waals surface area contributed by atoms with Gasteiger partial charge in [0, 0.05) is 47.9 Å². The van der Waals surface area contributed by atoms with Crippen LogP contribution in [0.4, 0.5) is 0 Å². The van der Waals surface area contributed by atoms with E-state index in [2.05, 4.69) is 58.5 Å². The summed E-state index contributed by atoms with van der Waals surface area (Å²) in [6.07, 6.45) is 5.21. The highest BCUT2D eigenvalue weighted by molar-refractivity contribution is 5.60. The molecular formula is C23H19N3. The van der Waals surface area contributed by atoms with E-state index in [-0.39, 0.29) is 0 Å². The molecule has 0 atom stereocenters. The molecule has 26 heavy (non-hydrogen) atoms. The van der Waals surface area contributed by atoms with E-state index in [0.29, 0.717) is 0 Å². The van der Waals surface area contributed by atoms with E-state index < -0.39 is 0 Å². The Morgan fingerprint density at radius 1 is 0.577 bits per heavy atom. The van der Waals surface area contributed by atoms with Crippen LogP contribution in [0.15, 0.2) is 91.3 Å². The van der Waals surface area contributed by atoms with Crippen LogP contribution in [0.3, 0.4) is 0 Å². The van der Waals surface area contributed by atoms with Crippen molar-refractivity contribution in [1.29, 1.82) is 0 Å². The molecule has 0 saturated carbocycles. The minimum Gasteiger partial charge on any atom is -0.261 e. The summed E-state index contributed by atoms with van der Waals surface area (Å²) in [6, 6.07) is 26.7. The van der Waals surface area contributed by atoms with E-state index in [0.717, 1.165) is 41.2 Å². The van der Waals surface area contributed by atoms with Crippen LogP contribution in [0.2, 0.25) is 0 Å².